The van der Waals surface area contributed by atoms with Crippen molar-refractivity contribution in [3.63, 3.8) is 0 Å². The molecule has 6 atom stereocenters. The van der Waals surface area contributed by atoms with E-state index in [-0.39, 0.29) is 82.1 Å². The predicted octanol–water partition coefficient (Wildman–Crippen LogP) is 6.32. The third-order valence-electron chi connectivity index (χ3n) is 14.4. The maximum absolute atomic E-state index is 15.0. The van der Waals surface area contributed by atoms with E-state index in [1.807, 2.05) is 48.5 Å². The number of phosphoric ester groups is 1. The standard InChI is InChI=1S/C51H51N4O20PS2/c1-51-20-36(43-42(33(51)12-14-39(51)56)45(59)46-41-32(22-71-46)48(61)74-37(23-69-2)44(41)43)75-50(63)54(16-18-70-24-40(57)58)35-13-11-26(55(64)65)19-38(35)78-77-25-34(47(60)52-15-17-73-76(66,67)68)53-49(62)72-21-31-29-9-5-3-7-27(29)28-8-4-6-10-30(28)31/h3-11,13,19,22,31,33-34,36-37,44H,12,14-18,20-21,23-25H2,1-2H3,(H,52,60)(H,53,62)(H,57,58)(H2,66,67,68). The number of methoxy groups -OCH3 is 1. The first-order chi connectivity index (χ1) is 37.3. The molecule has 2 heterocycles. The van der Waals surface area contributed by atoms with E-state index in [4.69, 9.17) is 37.9 Å². The number of allylic oxidation sites excluding steroid dienone is 1. The zero-order chi connectivity index (χ0) is 55.6. The van der Waals surface area contributed by atoms with Crippen LogP contribution in [0.1, 0.15) is 75.6 Å². The minimum Gasteiger partial charge on any atom is -0.480 e. The number of aliphatic carboxylic acids is 1. The highest BCUT2D eigenvalue weighted by Gasteiger charge is 2.61. The first-order valence-corrected chi connectivity index (χ1v) is 28.2. The van der Waals surface area contributed by atoms with Crippen LogP contribution >= 0.6 is 29.4 Å². The van der Waals surface area contributed by atoms with Crippen molar-refractivity contribution in [2.24, 2.45) is 11.3 Å². The number of phosphoric acid groups is 1. The molecule has 5 N–H and O–H groups in total. The second-order valence-corrected chi connectivity index (χ2v) is 22.6. The summed E-state index contributed by atoms with van der Waals surface area (Å²) in [6.45, 7) is -1.19. The topological polar surface area (TPSA) is 336 Å². The van der Waals surface area contributed by atoms with Crippen molar-refractivity contribution < 1.29 is 90.6 Å². The van der Waals surface area contributed by atoms with Gasteiger partial charge < -0.3 is 53.6 Å². The Hall–Kier alpha value is -6.90. The van der Waals surface area contributed by atoms with E-state index in [9.17, 15) is 48.6 Å². The fourth-order valence-corrected chi connectivity index (χ4v) is 13.7. The lowest BCUT2D eigenvalue weighted by atomic mass is 9.59. The molecule has 1 aliphatic heterocycles. The average molecular weight is 1140 g/mol. The van der Waals surface area contributed by atoms with Crippen LogP contribution in [0.2, 0.25) is 0 Å². The molecular weight excluding hydrogens is 1080 g/mol. The van der Waals surface area contributed by atoms with Gasteiger partial charge in [-0.25, -0.2) is 23.7 Å². The van der Waals surface area contributed by atoms with E-state index >= 15 is 4.79 Å². The largest absolute Gasteiger partial charge is 0.480 e. The molecule has 9 rings (SSSR count). The minimum absolute atomic E-state index is 0.00691. The molecule has 6 unspecified atom stereocenters. The minimum atomic E-state index is -4.91. The number of ketones is 2. The summed E-state index contributed by atoms with van der Waals surface area (Å²) in [6.07, 6.45) is -3.04. The van der Waals surface area contributed by atoms with Crippen molar-refractivity contribution >= 4 is 82.4 Å². The number of nitro groups is 1. The maximum atomic E-state index is 15.0. The SMILES string of the molecule is COCC1OC(=O)c2coc3c2C1C1=C(C3=O)C2CCC(=O)C2(C)CC1OC(=O)N(CCOCC(=O)O)c1ccc([N+](=O)[O-])cc1SSCC(NC(=O)OCC1c2ccccc2-c2ccccc21)C(=O)NCCOP(=O)(O)O. The van der Waals surface area contributed by atoms with Gasteiger partial charge in [-0.05, 0) is 40.3 Å². The molecule has 0 bridgehead atoms. The summed E-state index contributed by atoms with van der Waals surface area (Å²) in [7, 11) is -1.78. The molecule has 5 aliphatic rings. The van der Waals surface area contributed by atoms with Crippen molar-refractivity contribution in [3.05, 3.63) is 122 Å². The summed E-state index contributed by atoms with van der Waals surface area (Å²) in [4.78, 5) is 126. The number of amides is 3. The van der Waals surface area contributed by atoms with Gasteiger partial charge in [0, 0.05) is 77.7 Å². The summed E-state index contributed by atoms with van der Waals surface area (Å²) in [5, 5.41) is 26.6. The smallest absolute Gasteiger partial charge is 0.469 e. The van der Waals surface area contributed by atoms with E-state index < -0.39 is 123 Å². The van der Waals surface area contributed by atoms with Gasteiger partial charge in [-0.3, -0.25) is 33.9 Å². The van der Waals surface area contributed by atoms with Gasteiger partial charge in [0.1, 0.15) is 49.1 Å². The highest BCUT2D eigenvalue weighted by Crippen LogP contribution is 2.59. The summed E-state index contributed by atoms with van der Waals surface area (Å²) in [5.41, 5.74) is 2.81. The Labute approximate surface area is 451 Å². The predicted molar refractivity (Wildman–Crippen MR) is 275 cm³/mol. The van der Waals surface area contributed by atoms with Crippen molar-refractivity contribution in [1.29, 1.82) is 0 Å². The van der Waals surface area contributed by atoms with Gasteiger partial charge >= 0.3 is 31.9 Å². The van der Waals surface area contributed by atoms with Crippen LogP contribution < -0.4 is 15.5 Å². The summed E-state index contributed by atoms with van der Waals surface area (Å²) < 4.78 is 50.2. The van der Waals surface area contributed by atoms with Gasteiger partial charge in [0.2, 0.25) is 11.7 Å². The molecule has 78 heavy (non-hydrogen) atoms. The number of nitrogens with zero attached hydrogens (tertiary/aromatic N) is 2. The van der Waals surface area contributed by atoms with E-state index in [2.05, 4.69) is 15.2 Å². The molecule has 0 saturated heterocycles. The Morgan fingerprint density at radius 3 is 2.40 bits per heavy atom. The number of non-ortho nitro benzene ring substituents is 1. The van der Waals surface area contributed by atoms with E-state index in [1.165, 1.54) is 13.2 Å². The summed E-state index contributed by atoms with van der Waals surface area (Å²) in [5.74, 6) is -5.97. The Morgan fingerprint density at radius 1 is 1.00 bits per heavy atom. The molecule has 0 spiro atoms. The number of furan rings is 1. The van der Waals surface area contributed by atoms with Crippen molar-refractivity contribution in [2.45, 2.75) is 61.2 Å². The Morgan fingerprint density at radius 2 is 1.72 bits per heavy atom. The molecule has 3 amide bonds. The molecule has 4 aliphatic carbocycles. The second kappa shape index (κ2) is 23.2. The van der Waals surface area contributed by atoms with Crippen molar-refractivity contribution in [1.82, 2.24) is 10.6 Å². The highest BCUT2D eigenvalue weighted by atomic mass is 33.1. The van der Waals surface area contributed by atoms with Crippen LogP contribution in [0.4, 0.5) is 21.0 Å². The molecule has 24 nitrogen and oxygen atoms in total. The number of anilines is 1. The summed E-state index contributed by atoms with van der Waals surface area (Å²) >= 11 is 0. The number of carbonyl (C=O) groups is 7. The maximum Gasteiger partial charge on any atom is 0.469 e. The molecule has 27 heteroatoms. The number of cyclic esters (lactones) is 1. The van der Waals surface area contributed by atoms with Crippen LogP contribution in [0.5, 0.6) is 0 Å². The number of fused-ring (bicyclic) bond motifs is 6. The normalized spacial score (nSPS) is 21.3. The molecule has 1 saturated carbocycles. The molecule has 1 aromatic heterocycles. The van der Waals surface area contributed by atoms with Gasteiger partial charge in [0.25, 0.3) is 5.69 Å². The number of benzene rings is 3. The zero-order valence-corrected chi connectivity index (χ0v) is 44.1. The van der Waals surface area contributed by atoms with Gasteiger partial charge in [0.15, 0.2) is 5.76 Å². The quantitative estimate of drug-likeness (QED) is 0.0109. The van der Waals surface area contributed by atoms with Crippen LogP contribution in [0.15, 0.2) is 93.5 Å². The number of carboxylic acid groups (broad SMARTS) is 1. The van der Waals surface area contributed by atoms with Gasteiger partial charge in [-0.2, -0.15) is 0 Å². The number of carbonyl (C=O) groups excluding carboxylic acids is 6. The van der Waals surface area contributed by atoms with Gasteiger partial charge in [-0.15, -0.1) is 0 Å². The van der Waals surface area contributed by atoms with Crippen LogP contribution in [0.25, 0.3) is 11.1 Å². The van der Waals surface area contributed by atoms with Crippen LogP contribution in [-0.2, 0) is 47.2 Å². The third kappa shape index (κ3) is 11.3. The molecule has 0 radical (unpaired) electrons. The van der Waals surface area contributed by atoms with Crippen LogP contribution in [0, 0.1) is 21.4 Å². The van der Waals surface area contributed by atoms with Crippen LogP contribution in [-0.4, -0.2) is 139 Å². The lowest BCUT2D eigenvalue weighted by Gasteiger charge is -2.47. The average Bonchev–Trinajstić information content (AvgIpc) is 4.27. The van der Waals surface area contributed by atoms with E-state index in [0.29, 0.717) is 6.42 Å². The number of hydrogen-bond donors (Lipinski definition) is 5. The van der Waals surface area contributed by atoms with Gasteiger partial charge in [-0.1, -0.05) is 77.0 Å². The number of ether oxygens (including phenoxy) is 5. The first-order valence-electron chi connectivity index (χ1n) is 24.4. The number of alkyl carbamates (subject to hydrolysis) is 1. The first kappa shape index (κ1) is 55.8. The molecule has 3 aromatic carbocycles. The van der Waals surface area contributed by atoms with E-state index in [0.717, 1.165) is 67.1 Å². The monoisotopic (exact) mass is 1130 g/mol. The lowest BCUT2D eigenvalue weighted by Crippen LogP contribution is -2.50. The third-order valence-corrected chi connectivity index (χ3v) is 17.3. The summed E-state index contributed by atoms with van der Waals surface area (Å²) in [6, 6.07) is 17.3. The Bertz CT molecular complexity index is 3130. The Balaban J connectivity index is 0.996. The number of hydrogen-bond acceptors (Lipinski definition) is 19. The molecule has 1 fully saturated rings. The Kier molecular flexibility index (Phi) is 16.6. The van der Waals surface area contributed by atoms with Crippen molar-refractivity contribution in [3.8, 4) is 11.1 Å². The molecule has 412 valence electrons. The molecule has 4 aromatic rings. The number of carboxylic acids is 1. The zero-order valence-electron chi connectivity index (χ0n) is 41.6. The molecular formula is C51H51N4O20PS2. The number of rotatable bonds is 22. The van der Waals surface area contributed by atoms with Crippen molar-refractivity contribution in [2.75, 3.05) is 63.9 Å². The van der Waals surface area contributed by atoms with Crippen LogP contribution in [0.3, 0.4) is 0 Å². The number of Topliss-reactive ketones (excluding diaryl/α,β-unsaturated/α-hetero) is 2. The number of esters is 1. The fraction of sp³-hybridized carbons (Fsp3) is 0.392. The van der Waals surface area contributed by atoms with E-state index in [1.54, 1.807) is 6.92 Å². The fourth-order valence-electron chi connectivity index (χ4n) is 11.0. The second-order valence-electron chi connectivity index (χ2n) is 19.0. The number of nitro benzene ring substituents is 1. The highest BCUT2D eigenvalue weighted by molar-refractivity contribution is 8.76. The number of nitrogens with one attached hydrogen (secondary N) is 2. The lowest BCUT2D eigenvalue weighted by molar-refractivity contribution is -0.385. The van der Waals surface area contributed by atoms with Gasteiger partial charge in [0.05, 0.1) is 42.9 Å².